The summed E-state index contributed by atoms with van der Waals surface area (Å²) in [4.78, 5) is 1.29. The van der Waals surface area contributed by atoms with Crippen LogP contribution in [0.2, 0.25) is 0 Å². The third kappa shape index (κ3) is 5.30. The van der Waals surface area contributed by atoms with Crippen LogP contribution in [0.3, 0.4) is 0 Å². The van der Waals surface area contributed by atoms with Gasteiger partial charge in [-0.15, -0.1) is 22.0 Å². The van der Waals surface area contributed by atoms with Gasteiger partial charge in [-0.05, 0) is 75.1 Å². The molecule has 5 rings (SSSR count). The van der Waals surface area contributed by atoms with Gasteiger partial charge in [0, 0.05) is 22.4 Å². The minimum atomic E-state index is -0.350. The summed E-state index contributed by atoms with van der Waals surface area (Å²) in [6.07, 6.45) is 5.40. The molecule has 0 aliphatic heterocycles. The first-order valence-electron chi connectivity index (χ1n) is 12.2. The van der Waals surface area contributed by atoms with Crippen molar-refractivity contribution in [2.45, 2.75) is 62.2 Å². The Hall–Kier alpha value is -1.99. The second-order valence-electron chi connectivity index (χ2n) is 9.58. The van der Waals surface area contributed by atoms with Crippen LogP contribution < -0.4 is 4.74 Å². The molecule has 4 atom stereocenters. The topological polar surface area (TPSA) is 39.9 Å². The Bertz CT molecular complexity index is 1100. The van der Waals surface area contributed by atoms with Gasteiger partial charge in [0.15, 0.2) is 22.5 Å². The quantitative estimate of drug-likeness (QED) is 0.219. The van der Waals surface area contributed by atoms with Gasteiger partial charge >= 0.3 is 0 Å². The molecule has 180 valence electrons. The van der Waals surface area contributed by atoms with Crippen LogP contribution >= 0.6 is 23.5 Å². The largest absolute Gasteiger partial charge is 0.483 e. The van der Waals surface area contributed by atoms with Crippen LogP contribution in [0.15, 0.2) is 58.6 Å². The molecule has 2 aliphatic rings. The molecule has 2 aromatic carbocycles. The Morgan fingerprint density at radius 2 is 1.82 bits per heavy atom. The first-order valence-corrected chi connectivity index (χ1v) is 14.2. The van der Waals surface area contributed by atoms with Crippen molar-refractivity contribution in [3.05, 3.63) is 65.7 Å². The van der Waals surface area contributed by atoms with E-state index in [1.807, 2.05) is 11.8 Å². The van der Waals surface area contributed by atoms with Gasteiger partial charge in [-0.25, -0.2) is 4.39 Å². The van der Waals surface area contributed by atoms with Gasteiger partial charge in [-0.3, -0.25) is 4.57 Å². The second kappa shape index (κ2) is 10.7. The molecule has 2 fully saturated rings. The number of thioether (sulfide) groups is 2. The number of hydrogen-bond donors (Lipinski definition) is 0. The highest BCUT2D eigenvalue weighted by atomic mass is 32.2. The summed E-state index contributed by atoms with van der Waals surface area (Å²) in [6, 6.07) is 15.5. The number of nitrogens with zero attached hydrogens (tertiary/aromatic N) is 3. The van der Waals surface area contributed by atoms with Crippen molar-refractivity contribution in [1.82, 2.24) is 14.8 Å². The molecule has 0 saturated heterocycles. The van der Waals surface area contributed by atoms with Crippen molar-refractivity contribution in [1.29, 1.82) is 0 Å². The van der Waals surface area contributed by atoms with E-state index in [9.17, 15) is 4.39 Å². The zero-order valence-electron chi connectivity index (χ0n) is 19.8. The van der Waals surface area contributed by atoms with Crippen molar-refractivity contribution in [2.24, 2.45) is 17.8 Å². The standard InChI is InChI=1S/C27H32FN3OS2/c1-18-7-11-22(12-8-18)33-13-14-34-27-30-29-26(17-32-25-6-4-3-5-24(25)28)31(27)19(2)23-16-20-9-10-21(23)15-20/h3-8,11-12,19-21,23H,9-10,13-17H2,1-2H3. The van der Waals surface area contributed by atoms with Crippen LogP contribution in [0.1, 0.15) is 50.0 Å². The van der Waals surface area contributed by atoms with Crippen LogP contribution in [0.25, 0.3) is 0 Å². The molecule has 34 heavy (non-hydrogen) atoms. The monoisotopic (exact) mass is 497 g/mol. The Labute approximate surface area is 210 Å². The van der Waals surface area contributed by atoms with Gasteiger partial charge in [0.2, 0.25) is 0 Å². The zero-order chi connectivity index (χ0) is 23.5. The number of aryl methyl sites for hydroxylation is 1. The van der Waals surface area contributed by atoms with Crippen molar-refractivity contribution in [3.8, 4) is 5.75 Å². The summed E-state index contributed by atoms with van der Waals surface area (Å²) in [5, 5.41) is 10.0. The molecule has 4 nitrogen and oxygen atoms in total. The normalized spacial score (nSPS) is 22.3. The van der Waals surface area contributed by atoms with E-state index in [0.29, 0.717) is 12.0 Å². The van der Waals surface area contributed by atoms with Gasteiger partial charge in [-0.2, -0.15) is 0 Å². The number of rotatable bonds is 10. The van der Waals surface area contributed by atoms with Crippen LogP contribution in [-0.2, 0) is 6.61 Å². The SMILES string of the molecule is Cc1ccc(SCCSc2nnc(COc3ccccc3F)n2C(C)C2CC3CCC2C3)cc1. The van der Waals surface area contributed by atoms with E-state index in [2.05, 4.69) is 52.9 Å². The molecule has 0 spiro atoms. The van der Waals surface area contributed by atoms with Crippen molar-refractivity contribution in [3.63, 3.8) is 0 Å². The van der Waals surface area contributed by atoms with E-state index < -0.39 is 0 Å². The predicted molar refractivity (Wildman–Crippen MR) is 137 cm³/mol. The van der Waals surface area contributed by atoms with Crippen LogP contribution in [0, 0.1) is 30.5 Å². The first kappa shape index (κ1) is 23.7. The van der Waals surface area contributed by atoms with Gasteiger partial charge in [0.1, 0.15) is 6.61 Å². The number of ether oxygens (including phenoxy) is 1. The van der Waals surface area contributed by atoms with Gasteiger partial charge in [0.25, 0.3) is 0 Å². The highest BCUT2D eigenvalue weighted by Crippen LogP contribution is 2.52. The zero-order valence-corrected chi connectivity index (χ0v) is 21.5. The average molecular weight is 498 g/mol. The van der Waals surface area contributed by atoms with E-state index in [-0.39, 0.29) is 18.2 Å². The number of aromatic nitrogens is 3. The molecule has 1 aromatic heterocycles. The lowest BCUT2D eigenvalue weighted by Gasteiger charge is -2.30. The molecule has 7 heteroatoms. The number of fused-ring (bicyclic) bond motifs is 2. The van der Waals surface area contributed by atoms with Crippen molar-refractivity contribution >= 4 is 23.5 Å². The van der Waals surface area contributed by atoms with Crippen molar-refractivity contribution in [2.75, 3.05) is 11.5 Å². The lowest BCUT2D eigenvalue weighted by Crippen LogP contribution is -2.24. The van der Waals surface area contributed by atoms with Gasteiger partial charge in [0.05, 0.1) is 0 Å². The fraction of sp³-hybridized carbons (Fsp3) is 0.481. The summed E-state index contributed by atoms with van der Waals surface area (Å²) in [7, 11) is 0. The molecular formula is C27H32FN3OS2. The number of para-hydroxylation sites is 1. The number of benzene rings is 2. The number of hydrogen-bond acceptors (Lipinski definition) is 5. The van der Waals surface area contributed by atoms with E-state index in [0.717, 1.165) is 34.3 Å². The minimum absolute atomic E-state index is 0.220. The molecule has 2 aliphatic carbocycles. The molecule has 4 unspecified atom stereocenters. The second-order valence-corrected chi connectivity index (χ2v) is 11.8. The molecular weight excluding hydrogens is 465 g/mol. The molecule has 0 radical (unpaired) electrons. The van der Waals surface area contributed by atoms with E-state index >= 15 is 0 Å². The summed E-state index contributed by atoms with van der Waals surface area (Å²) in [6.45, 7) is 4.64. The Morgan fingerprint density at radius 1 is 1.03 bits per heavy atom. The molecule has 3 aromatic rings. The van der Waals surface area contributed by atoms with E-state index in [1.165, 1.54) is 42.2 Å². The fourth-order valence-electron chi connectivity index (χ4n) is 5.62. The average Bonchev–Trinajstić information content (AvgIpc) is 3.58. The van der Waals surface area contributed by atoms with Crippen molar-refractivity contribution < 1.29 is 9.13 Å². The molecule has 0 amide bonds. The lowest BCUT2D eigenvalue weighted by molar-refractivity contribution is 0.215. The molecule has 1 heterocycles. The van der Waals surface area contributed by atoms with Gasteiger partial charge in [-0.1, -0.05) is 48.0 Å². The van der Waals surface area contributed by atoms with Crippen LogP contribution in [0.5, 0.6) is 5.75 Å². The maximum atomic E-state index is 14.1. The summed E-state index contributed by atoms with van der Waals surface area (Å²) in [5.74, 6) is 4.99. The van der Waals surface area contributed by atoms with Crippen LogP contribution in [0.4, 0.5) is 4.39 Å². The summed E-state index contributed by atoms with van der Waals surface area (Å²) < 4.78 is 22.2. The minimum Gasteiger partial charge on any atom is -0.483 e. The Morgan fingerprint density at radius 3 is 2.56 bits per heavy atom. The first-order chi connectivity index (χ1) is 16.6. The predicted octanol–water partition coefficient (Wildman–Crippen LogP) is 7.19. The highest BCUT2D eigenvalue weighted by Gasteiger charge is 2.43. The van der Waals surface area contributed by atoms with Gasteiger partial charge < -0.3 is 4.74 Å². The third-order valence-electron chi connectivity index (χ3n) is 7.35. The smallest absolute Gasteiger partial charge is 0.191 e. The number of halogens is 1. The maximum Gasteiger partial charge on any atom is 0.191 e. The summed E-state index contributed by atoms with van der Waals surface area (Å²) >= 11 is 3.63. The third-order valence-corrected chi connectivity index (χ3v) is 9.57. The highest BCUT2D eigenvalue weighted by molar-refractivity contribution is 8.02. The Balaban J connectivity index is 1.28. The maximum absolute atomic E-state index is 14.1. The fourth-order valence-corrected chi connectivity index (χ4v) is 7.54. The summed E-state index contributed by atoms with van der Waals surface area (Å²) in [5.41, 5.74) is 1.28. The van der Waals surface area contributed by atoms with Crippen LogP contribution in [-0.4, -0.2) is 26.3 Å². The Kier molecular flexibility index (Phi) is 7.49. The van der Waals surface area contributed by atoms with E-state index in [1.54, 1.807) is 30.0 Å². The lowest BCUT2D eigenvalue weighted by atomic mass is 9.84. The molecule has 2 saturated carbocycles. The molecule has 2 bridgehead atoms. The molecule has 0 N–H and O–H groups in total. The van der Waals surface area contributed by atoms with E-state index in [4.69, 9.17) is 4.74 Å².